The summed E-state index contributed by atoms with van der Waals surface area (Å²) >= 11 is 13.3. The van der Waals surface area contributed by atoms with Crippen LogP contribution in [0.5, 0.6) is 0 Å². The highest BCUT2D eigenvalue weighted by atomic mass is 35.5. The van der Waals surface area contributed by atoms with Crippen molar-refractivity contribution >= 4 is 46.7 Å². The van der Waals surface area contributed by atoms with E-state index in [9.17, 15) is 4.79 Å². The van der Waals surface area contributed by atoms with E-state index in [2.05, 4.69) is 44.9 Å². The number of unbranched alkanes of at least 4 members (excludes halogenated alkanes) is 1. The lowest BCUT2D eigenvalue weighted by Gasteiger charge is -2.08. The first-order valence-electron chi connectivity index (χ1n) is 9.11. The summed E-state index contributed by atoms with van der Waals surface area (Å²) in [5, 5.41) is 15.7. The van der Waals surface area contributed by atoms with Crippen LogP contribution in [0.25, 0.3) is 5.69 Å². The SMILES string of the molecule is CCCCc1ccc(-n2nnnc2SCC(=O)Nc2nc(C)c(Cl)cc2Cl)cc1. The molecule has 10 heteroatoms. The number of tetrazole rings is 1. The number of halogens is 2. The van der Waals surface area contributed by atoms with Crippen LogP contribution in [0.15, 0.2) is 35.5 Å². The molecule has 7 nitrogen and oxygen atoms in total. The van der Waals surface area contributed by atoms with Crippen LogP contribution in [0, 0.1) is 6.92 Å². The number of carbonyl (C=O) groups excluding carboxylic acids is 1. The number of hydrogen-bond acceptors (Lipinski definition) is 6. The third-order valence-corrected chi connectivity index (χ3v) is 5.73. The second kappa shape index (κ2) is 10.0. The molecule has 1 aromatic carbocycles. The summed E-state index contributed by atoms with van der Waals surface area (Å²) in [6.07, 6.45) is 3.37. The zero-order chi connectivity index (χ0) is 20.8. The number of pyridine rings is 1. The van der Waals surface area contributed by atoms with E-state index in [4.69, 9.17) is 23.2 Å². The minimum Gasteiger partial charge on any atom is -0.309 e. The van der Waals surface area contributed by atoms with Gasteiger partial charge in [-0.05, 0) is 54.0 Å². The van der Waals surface area contributed by atoms with Gasteiger partial charge in [0.2, 0.25) is 11.1 Å². The molecule has 1 amide bonds. The summed E-state index contributed by atoms with van der Waals surface area (Å²) in [6.45, 7) is 3.91. The highest BCUT2D eigenvalue weighted by Crippen LogP contribution is 2.26. The van der Waals surface area contributed by atoms with Gasteiger partial charge in [-0.15, -0.1) is 5.10 Å². The van der Waals surface area contributed by atoms with E-state index in [0.717, 1.165) is 24.9 Å². The van der Waals surface area contributed by atoms with Crippen molar-refractivity contribution in [2.45, 2.75) is 38.3 Å². The molecule has 3 aromatic rings. The van der Waals surface area contributed by atoms with Crippen molar-refractivity contribution in [1.82, 2.24) is 25.2 Å². The average Bonchev–Trinajstić information content (AvgIpc) is 3.18. The van der Waals surface area contributed by atoms with Crippen LogP contribution in [-0.2, 0) is 11.2 Å². The van der Waals surface area contributed by atoms with E-state index in [1.165, 1.54) is 17.3 Å². The third-order valence-electron chi connectivity index (χ3n) is 4.14. The van der Waals surface area contributed by atoms with Gasteiger partial charge in [0.15, 0.2) is 5.82 Å². The first-order valence-corrected chi connectivity index (χ1v) is 10.8. The summed E-state index contributed by atoms with van der Waals surface area (Å²) in [5.41, 5.74) is 2.71. The molecule has 0 aliphatic rings. The van der Waals surface area contributed by atoms with Gasteiger partial charge in [-0.2, -0.15) is 4.68 Å². The molecule has 0 unspecified atom stereocenters. The highest BCUT2D eigenvalue weighted by Gasteiger charge is 2.14. The lowest BCUT2D eigenvalue weighted by molar-refractivity contribution is -0.113. The first-order chi connectivity index (χ1) is 14.0. The van der Waals surface area contributed by atoms with Crippen LogP contribution < -0.4 is 5.32 Å². The number of thioether (sulfide) groups is 1. The van der Waals surface area contributed by atoms with Gasteiger partial charge in [0.1, 0.15) is 0 Å². The number of aromatic nitrogens is 5. The molecule has 0 aliphatic heterocycles. The van der Waals surface area contributed by atoms with Crippen molar-refractivity contribution in [1.29, 1.82) is 0 Å². The lowest BCUT2D eigenvalue weighted by Crippen LogP contribution is -2.16. The third kappa shape index (κ3) is 5.68. The van der Waals surface area contributed by atoms with Crippen LogP contribution in [0.4, 0.5) is 5.82 Å². The van der Waals surface area contributed by atoms with Gasteiger partial charge in [-0.1, -0.05) is 60.4 Å². The molecular formula is C19H20Cl2N6OS. The number of nitrogens with one attached hydrogen (secondary N) is 1. The molecule has 152 valence electrons. The molecule has 1 N–H and O–H groups in total. The van der Waals surface area contributed by atoms with E-state index in [1.54, 1.807) is 17.7 Å². The van der Waals surface area contributed by atoms with E-state index >= 15 is 0 Å². The van der Waals surface area contributed by atoms with Crippen LogP contribution in [0.1, 0.15) is 31.0 Å². The fraction of sp³-hybridized carbons (Fsp3) is 0.316. The van der Waals surface area contributed by atoms with Crippen molar-refractivity contribution in [3.63, 3.8) is 0 Å². The number of amides is 1. The van der Waals surface area contributed by atoms with Gasteiger partial charge >= 0.3 is 0 Å². The maximum absolute atomic E-state index is 12.3. The number of hydrogen-bond donors (Lipinski definition) is 1. The molecule has 0 aliphatic carbocycles. The zero-order valence-electron chi connectivity index (χ0n) is 16.0. The minimum absolute atomic E-state index is 0.106. The summed E-state index contributed by atoms with van der Waals surface area (Å²) in [5.74, 6) is 0.117. The molecule has 0 saturated carbocycles. The number of carbonyl (C=O) groups is 1. The van der Waals surface area contributed by atoms with Crippen LogP contribution in [0.3, 0.4) is 0 Å². The molecule has 0 atom stereocenters. The molecule has 0 radical (unpaired) electrons. The standard InChI is InChI=1S/C19H20Cl2N6OS/c1-3-4-5-13-6-8-14(9-7-13)27-19(24-25-26-27)29-11-17(28)23-18-16(21)10-15(20)12(2)22-18/h6-10H,3-5,11H2,1-2H3,(H,22,23,28). The number of anilines is 1. The van der Waals surface area contributed by atoms with E-state index in [1.807, 2.05) is 12.1 Å². The minimum atomic E-state index is -0.268. The summed E-state index contributed by atoms with van der Waals surface area (Å²) in [4.78, 5) is 16.5. The molecule has 29 heavy (non-hydrogen) atoms. The highest BCUT2D eigenvalue weighted by molar-refractivity contribution is 7.99. The van der Waals surface area contributed by atoms with Crippen molar-refractivity contribution < 1.29 is 4.79 Å². The van der Waals surface area contributed by atoms with Gasteiger partial charge in [-0.25, -0.2) is 4.98 Å². The smallest absolute Gasteiger partial charge is 0.236 e. The fourth-order valence-corrected chi connectivity index (χ4v) is 3.66. The second-order valence-electron chi connectivity index (χ2n) is 6.37. The molecule has 2 aromatic heterocycles. The topological polar surface area (TPSA) is 85.6 Å². The molecule has 3 rings (SSSR count). The van der Waals surface area contributed by atoms with Crippen molar-refractivity contribution in [2.75, 3.05) is 11.1 Å². The van der Waals surface area contributed by atoms with E-state index in [0.29, 0.717) is 15.9 Å². The molecule has 0 bridgehead atoms. The number of rotatable bonds is 8. The summed E-state index contributed by atoms with van der Waals surface area (Å²) < 4.78 is 1.61. The van der Waals surface area contributed by atoms with Gasteiger partial charge in [0.25, 0.3) is 0 Å². The maximum Gasteiger partial charge on any atom is 0.236 e. The Balaban J connectivity index is 1.63. The van der Waals surface area contributed by atoms with E-state index in [-0.39, 0.29) is 22.5 Å². The normalized spacial score (nSPS) is 10.9. The number of aryl methyl sites for hydroxylation is 2. The zero-order valence-corrected chi connectivity index (χ0v) is 18.4. The Morgan fingerprint density at radius 1 is 1.21 bits per heavy atom. The van der Waals surface area contributed by atoms with Crippen molar-refractivity contribution in [2.24, 2.45) is 0 Å². The fourth-order valence-electron chi connectivity index (χ4n) is 2.56. The molecule has 0 saturated heterocycles. The van der Waals surface area contributed by atoms with E-state index < -0.39 is 0 Å². The van der Waals surface area contributed by atoms with Gasteiger partial charge in [-0.3, -0.25) is 4.79 Å². The quantitative estimate of drug-likeness (QED) is 0.498. The predicted molar refractivity (Wildman–Crippen MR) is 116 cm³/mol. The number of nitrogens with zero attached hydrogens (tertiary/aromatic N) is 5. The summed E-state index contributed by atoms with van der Waals surface area (Å²) in [6, 6.07) is 9.66. The predicted octanol–water partition coefficient (Wildman–Crippen LogP) is 4.75. The summed E-state index contributed by atoms with van der Waals surface area (Å²) in [7, 11) is 0. The number of benzene rings is 1. The van der Waals surface area contributed by atoms with Crippen LogP contribution in [0.2, 0.25) is 10.0 Å². The molecule has 0 spiro atoms. The molecule has 2 heterocycles. The van der Waals surface area contributed by atoms with Gasteiger partial charge in [0.05, 0.1) is 27.2 Å². The van der Waals surface area contributed by atoms with Crippen LogP contribution in [-0.4, -0.2) is 36.9 Å². The van der Waals surface area contributed by atoms with Crippen molar-refractivity contribution in [3.8, 4) is 5.69 Å². The van der Waals surface area contributed by atoms with Gasteiger partial charge in [0, 0.05) is 0 Å². The van der Waals surface area contributed by atoms with Crippen molar-refractivity contribution in [3.05, 3.63) is 51.6 Å². The monoisotopic (exact) mass is 450 g/mol. The molecule has 0 fully saturated rings. The Labute approximate surface area is 183 Å². The maximum atomic E-state index is 12.3. The first kappa shape index (κ1) is 21.5. The second-order valence-corrected chi connectivity index (χ2v) is 8.12. The molecular weight excluding hydrogens is 431 g/mol. The Kier molecular flexibility index (Phi) is 7.46. The van der Waals surface area contributed by atoms with Crippen LogP contribution >= 0.6 is 35.0 Å². The Morgan fingerprint density at radius 2 is 1.97 bits per heavy atom. The Morgan fingerprint density at radius 3 is 2.69 bits per heavy atom. The Bertz CT molecular complexity index is 993. The lowest BCUT2D eigenvalue weighted by atomic mass is 10.1. The van der Waals surface area contributed by atoms with Gasteiger partial charge < -0.3 is 5.32 Å². The average molecular weight is 451 g/mol. The largest absolute Gasteiger partial charge is 0.309 e. The Hall–Kier alpha value is -2.16.